The number of aliphatic hydroxyl groups is 2. The molecule has 1 heterocycles. The third-order valence-electron chi connectivity index (χ3n) is 14.4. The molecular formula is C65H114O12. The molecule has 1 rings (SSSR count). The zero-order valence-corrected chi connectivity index (χ0v) is 49.2. The smallest absolute Gasteiger partial charge is 0.335 e. The average molecular weight is 1090 g/mol. The second-order valence-electron chi connectivity index (χ2n) is 21.7. The van der Waals surface area contributed by atoms with E-state index in [1.165, 1.54) is 154 Å². The Morgan fingerprint density at radius 3 is 1.25 bits per heavy atom. The lowest BCUT2D eigenvalue weighted by Gasteiger charge is -2.40. The summed E-state index contributed by atoms with van der Waals surface area (Å²) < 4.78 is 28.5. The molecule has 0 aromatic rings. The van der Waals surface area contributed by atoms with E-state index >= 15 is 0 Å². The van der Waals surface area contributed by atoms with E-state index in [0.29, 0.717) is 25.7 Å². The molecule has 1 aliphatic heterocycles. The number of rotatable bonds is 54. The van der Waals surface area contributed by atoms with Crippen molar-refractivity contribution in [2.45, 2.75) is 327 Å². The number of carboxylic acid groups (broad SMARTS) is 1. The van der Waals surface area contributed by atoms with Crippen LogP contribution in [-0.2, 0) is 42.9 Å². The monoisotopic (exact) mass is 1090 g/mol. The molecule has 3 N–H and O–H groups in total. The van der Waals surface area contributed by atoms with Crippen molar-refractivity contribution in [2.24, 2.45) is 0 Å². The number of carbonyl (C=O) groups excluding carboxylic acids is 3. The highest BCUT2D eigenvalue weighted by Gasteiger charge is 2.50. The van der Waals surface area contributed by atoms with Gasteiger partial charge in [0, 0.05) is 19.3 Å². The number of hydrogen-bond acceptors (Lipinski definition) is 11. The summed E-state index contributed by atoms with van der Waals surface area (Å²) in [4.78, 5) is 51.2. The van der Waals surface area contributed by atoms with Gasteiger partial charge in [0.1, 0.15) is 18.8 Å². The molecule has 446 valence electrons. The normalized spacial score (nSPS) is 18.3. The van der Waals surface area contributed by atoms with Crippen LogP contribution < -0.4 is 0 Å². The van der Waals surface area contributed by atoms with Crippen LogP contribution in [0.2, 0.25) is 0 Å². The van der Waals surface area contributed by atoms with Crippen LogP contribution in [0.1, 0.15) is 290 Å². The molecule has 0 aromatic carbocycles. The van der Waals surface area contributed by atoms with Gasteiger partial charge in [0.25, 0.3) is 0 Å². The molecule has 1 aliphatic rings. The minimum atomic E-state index is -1.91. The zero-order valence-electron chi connectivity index (χ0n) is 49.2. The Kier molecular flexibility index (Phi) is 49.7. The Morgan fingerprint density at radius 1 is 0.442 bits per heavy atom. The average Bonchev–Trinajstić information content (AvgIpc) is 3.42. The summed E-state index contributed by atoms with van der Waals surface area (Å²) in [5, 5.41) is 31.5. The van der Waals surface area contributed by atoms with Gasteiger partial charge in [0.2, 0.25) is 0 Å². The van der Waals surface area contributed by atoms with Gasteiger partial charge in [-0.2, -0.15) is 0 Å². The lowest BCUT2D eigenvalue weighted by Crippen LogP contribution is -2.61. The molecule has 0 aromatic heterocycles. The van der Waals surface area contributed by atoms with Crippen molar-refractivity contribution in [3.8, 4) is 0 Å². The summed E-state index contributed by atoms with van der Waals surface area (Å²) in [5.41, 5.74) is 0. The second kappa shape index (κ2) is 53.3. The van der Waals surface area contributed by atoms with Crippen LogP contribution in [0.4, 0.5) is 0 Å². The van der Waals surface area contributed by atoms with E-state index in [1.807, 2.05) is 0 Å². The highest BCUT2D eigenvalue weighted by atomic mass is 16.7. The highest BCUT2D eigenvalue weighted by Crippen LogP contribution is 2.27. The van der Waals surface area contributed by atoms with E-state index in [2.05, 4.69) is 69.4 Å². The van der Waals surface area contributed by atoms with Gasteiger partial charge < -0.3 is 39.0 Å². The Labute approximate surface area is 469 Å². The largest absolute Gasteiger partial charge is 0.479 e. The highest BCUT2D eigenvalue weighted by molar-refractivity contribution is 5.74. The first-order valence-corrected chi connectivity index (χ1v) is 31.6. The topological polar surface area (TPSA) is 175 Å². The molecule has 0 saturated carbocycles. The molecule has 1 fully saturated rings. The van der Waals surface area contributed by atoms with Gasteiger partial charge in [-0.3, -0.25) is 14.4 Å². The van der Waals surface area contributed by atoms with Crippen LogP contribution in [-0.4, -0.2) is 89.2 Å². The molecular weight excluding hydrogens is 973 g/mol. The molecule has 77 heavy (non-hydrogen) atoms. The van der Waals surface area contributed by atoms with Crippen molar-refractivity contribution in [1.29, 1.82) is 0 Å². The molecule has 0 aliphatic carbocycles. The molecule has 12 heteroatoms. The van der Waals surface area contributed by atoms with Gasteiger partial charge in [-0.05, 0) is 57.8 Å². The minimum Gasteiger partial charge on any atom is -0.479 e. The van der Waals surface area contributed by atoms with E-state index in [4.69, 9.17) is 23.7 Å². The predicted molar refractivity (Wildman–Crippen MR) is 312 cm³/mol. The van der Waals surface area contributed by atoms with E-state index in [9.17, 15) is 34.5 Å². The first-order valence-electron chi connectivity index (χ1n) is 31.6. The Hall–Kier alpha value is -3.32. The second-order valence-corrected chi connectivity index (χ2v) is 21.7. The van der Waals surface area contributed by atoms with Crippen molar-refractivity contribution < 1.29 is 58.2 Å². The molecule has 1 saturated heterocycles. The first-order chi connectivity index (χ1) is 37.6. The SMILES string of the molecule is CC/C=C\C/C=C\C/C=C\C/C=C\CCCCC(=O)OC1C(OCC(COC(=O)CCCCCCCCCCCCCCCCCCCCC)OC(=O)CCCCCCCCCCCCCCC)OC(C(=O)O)C(O)C1O. The molecule has 0 radical (unpaired) electrons. The summed E-state index contributed by atoms with van der Waals surface area (Å²) >= 11 is 0. The van der Waals surface area contributed by atoms with Crippen LogP contribution >= 0.6 is 0 Å². The quantitative estimate of drug-likeness (QED) is 0.0228. The number of carbonyl (C=O) groups is 4. The molecule has 0 spiro atoms. The molecule has 0 bridgehead atoms. The lowest BCUT2D eigenvalue weighted by molar-refractivity contribution is -0.301. The summed E-state index contributed by atoms with van der Waals surface area (Å²) in [7, 11) is 0. The van der Waals surface area contributed by atoms with Crippen LogP contribution in [0.5, 0.6) is 0 Å². The Morgan fingerprint density at radius 2 is 0.818 bits per heavy atom. The van der Waals surface area contributed by atoms with E-state index in [1.54, 1.807) is 0 Å². The first kappa shape index (κ1) is 71.7. The number of aliphatic hydroxyl groups excluding tert-OH is 2. The van der Waals surface area contributed by atoms with Crippen LogP contribution in [0.3, 0.4) is 0 Å². The number of esters is 3. The summed E-state index contributed by atoms with van der Waals surface area (Å²) in [6, 6.07) is 0. The van der Waals surface area contributed by atoms with Crippen molar-refractivity contribution in [2.75, 3.05) is 13.2 Å². The van der Waals surface area contributed by atoms with Gasteiger partial charge in [-0.25, -0.2) is 4.79 Å². The number of allylic oxidation sites excluding steroid dienone is 8. The fraction of sp³-hybridized carbons (Fsp3) is 0.815. The van der Waals surface area contributed by atoms with E-state index in [0.717, 1.165) is 70.6 Å². The van der Waals surface area contributed by atoms with Gasteiger partial charge in [0.05, 0.1) is 6.61 Å². The van der Waals surface area contributed by atoms with Crippen molar-refractivity contribution >= 4 is 23.9 Å². The van der Waals surface area contributed by atoms with E-state index < -0.39 is 67.3 Å². The van der Waals surface area contributed by atoms with E-state index in [-0.39, 0.29) is 25.9 Å². The van der Waals surface area contributed by atoms with Crippen LogP contribution in [0, 0.1) is 0 Å². The van der Waals surface area contributed by atoms with Crippen LogP contribution in [0.25, 0.3) is 0 Å². The molecule has 12 nitrogen and oxygen atoms in total. The number of carboxylic acids is 1. The van der Waals surface area contributed by atoms with Crippen LogP contribution in [0.15, 0.2) is 48.6 Å². The summed E-state index contributed by atoms with van der Waals surface area (Å²) in [5.74, 6) is -3.15. The Bertz CT molecular complexity index is 1520. The summed E-state index contributed by atoms with van der Waals surface area (Å²) in [6.07, 6.45) is 52.3. The fourth-order valence-corrected chi connectivity index (χ4v) is 9.60. The third kappa shape index (κ3) is 43.2. The van der Waals surface area contributed by atoms with Gasteiger partial charge >= 0.3 is 23.9 Å². The predicted octanol–water partition coefficient (Wildman–Crippen LogP) is 16.6. The maximum absolute atomic E-state index is 13.2. The molecule has 0 amide bonds. The van der Waals surface area contributed by atoms with Gasteiger partial charge in [-0.15, -0.1) is 0 Å². The van der Waals surface area contributed by atoms with Gasteiger partial charge in [-0.1, -0.05) is 262 Å². The maximum atomic E-state index is 13.2. The number of unbranched alkanes of at least 4 members (excludes halogenated alkanes) is 32. The maximum Gasteiger partial charge on any atom is 0.335 e. The number of aliphatic carboxylic acids is 1. The standard InChI is InChI=1S/C65H114O12/c1-4-7-10-13-16-19-22-25-27-28-29-30-32-34-36-39-42-45-48-51-57(66)73-54-56(75-58(67)52-49-46-43-40-37-33-24-21-18-15-12-9-6-3)55-74-65-63(61(70)60(69)62(77-65)64(71)72)76-59(68)53-50-47-44-41-38-35-31-26-23-20-17-14-11-8-5-2/h8,11,17,20,26,31,38,41,56,60-63,65,69-70H,4-7,9-10,12-16,18-19,21-25,27-30,32-37,39-40,42-55H2,1-3H3,(H,71,72)/b11-8-,20-17-,31-26-,41-38-. The third-order valence-corrected chi connectivity index (χ3v) is 14.4. The molecule has 6 unspecified atom stereocenters. The zero-order chi connectivity index (χ0) is 56.1. The van der Waals surface area contributed by atoms with Gasteiger partial charge in [0.15, 0.2) is 24.6 Å². The van der Waals surface area contributed by atoms with Crippen molar-refractivity contribution in [3.63, 3.8) is 0 Å². The fourth-order valence-electron chi connectivity index (χ4n) is 9.60. The number of hydrogen-bond donors (Lipinski definition) is 3. The number of ether oxygens (including phenoxy) is 5. The lowest BCUT2D eigenvalue weighted by atomic mass is 9.98. The summed E-state index contributed by atoms with van der Waals surface area (Å²) in [6.45, 7) is 5.90. The van der Waals surface area contributed by atoms with Crippen molar-refractivity contribution in [3.05, 3.63) is 48.6 Å². The van der Waals surface area contributed by atoms with Crippen molar-refractivity contribution in [1.82, 2.24) is 0 Å². The molecule has 6 atom stereocenters. The minimum absolute atomic E-state index is 0.0107. The Balaban J connectivity index is 2.66.